The monoisotopic (exact) mass is 267 g/mol. The molecule has 0 aliphatic carbocycles. The first-order valence-corrected chi connectivity index (χ1v) is 6.32. The van der Waals surface area contributed by atoms with Crippen LogP contribution in [-0.4, -0.2) is 32.8 Å². The Morgan fingerprint density at radius 1 is 1.42 bits per heavy atom. The number of aliphatic carboxylic acids is 1. The van der Waals surface area contributed by atoms with E-state index in [4.69, 9.17) is 5.11 Å². The van der Waals surface area contributed by atoms with Gasteiger partial charge in [0.25, 0.3) is 0 Å². The number of nitrogens with zero attached hydrogens (tertiary/aromatic N) is 2. The van der Waals surface area contributed by atoms with E-state index in [1.807, 2.05) is 33.8 Å². The standard InChI is InChI=1S/C13H21N3O3/c1-8(2)5-11(13(18)19)14-12(17)7-16-10(4)6-9(3)15-16/h6,8,11H,5,7H2,1-4H3,(H,14,17)(H,18,19). The second kappa shape index (κ2) is 6.36. The largest absolute Gasteiger partial charge is 0.480 e. The van der Waals surface area contributed by atoms with Crippen LogP contribution in [0.2, 0.25) is 0 Å². The van der Waals surface area contributed by atoms with Gasteiger partial charge in [0.1, 0.15) is 12.6 Å². The van der Waals surface area contributed by atoms with Crippen molar-refractivity contribution in [3.8, 4) is 0 Å². The fourth-order valence-electron chi connectivity index (χ4n) is 1.90. The van der Waals surface area contributed by atoms with Gasteiger partial charge in [-0.15, -0.1) is 0 Å². The lowest BCUT2D eigenvalue weighted by molar-refractivity contribution is -0.142. The van der Waals surface area contributed by atoms with Gasteiger partial charge in [-0.3, -0.25) is 9.48 Å². The molecule has 1 atom stereocenters. The van der Waals surface area contributed by atoms with Gasteiger partial charge in [0, 0.05) is 5.69 Å². The van der Waals surface area contributed by atoms with Crippen LogP contribution in [0.15, 0.2) is 6.07 Å². The van der Waals surface area contributed by atoms with E-state index in [2.05, 4.69) is 10.4 Å². The normalized spacial score (nSPS) is 12.5. The van der Waals surface area contributed by atoms with E-state index in [0.717, 1.165) is 11.4 Å². The molecule has 0 saturated heterocycles. The fourth-order valence-corrected chi connectivity index (χ4v) is 1.90. The smallest absolute Gasteiger partial charge is 0.326 e. The topological polar surface area (TPSA) is 84.2 Å². The third-order valence-corrected chi connectivity index (χ3v) is 2.74. The summed E-state index contributed by atoms with van der Waals surface area (Å²) in [6, 6.07) is 1.03. The summed E-state index contributed by atoms with van der Waals surface area (Å²) in [4.78, 5) is 22.9. The van der Waals surface area contributed by atoms with Gasteiger partial charge < -0.3 is 10.4 Å². The summed E-state index contributed by atoms with van der Waals surface area (Å²) in [7, 11) is 0. The van der Waals surface area contributed by atoms with E-state index in [9.17, 15) is 9.59 Å². The van der Waals surface area contributed by atoms with E-state index in [0.29, 0.717) is 6.42 Å². The molecular weight excluding hydrogens is 246 g/mol. The Hall–Kier alpha value is -1.85. The Morgan fingerprint density at radius 2 is 2.05 bits per heavy atom. The van der Waals surface area contributed by atoms with Crippen LogP contribution in [0.25, 0.3) is 0 Å². The zero-order valence-electron chi connectivity index (χ0n) is 11.8. The maximum atomic E-state index is 11.8. The molecule has 0 saturated carbocycles. The minimum atomic E-state index is -1.00. The summed E-state index contributed by atoms with van der Waals surface area (Å²) in [5.74, 6) is -1.13. The van der Waals surface area contributed by atoms with Crippen molar-refractivity contribution in [1.82, 2.24) is 15.1 Å². The van der Waals surface area contributed by atoms with Crippen molar-refractivity contribution >= 4 is 11.9 Å². The molecule has 1 aromatic rings. The molecule has 2 N–H and O–H groups in total. The van der Waals surface area contributed by atoms with Crippen molar-refractivity contribution in [2.24, 2.45) is 5.92 Å². The number of hydrogen-bond donors (Lipinski definition) is 2. The zero-order valence-corrected chi connectivity index (χ0v) is 11.8. The predicted octanol–water partition coefficient (Wildman–Crippen LogP) is 1.12. The van der Waals surface area contributed by atoms with E-state index >= 15 is 0 Å². The highest BCUT2D eigenvalue weighted by atomic mass is 16.4. The van der Waals surface area contributed by atoms with Crippen LogP contribution in [-0.2, 0) is 16.1 Å². The number of nitrogens with one attached hydrogen (secondary N) is 1. The van der Waals surface area contributed by atoms with E-state index in [-0.39, 0.29) is 18.4 Å². The number of hydrogen-bond acceptors (Lipinski definition) is 3. The molecule has 0 fully saturated rings. The van der Waals surface area contributed by atoms with Crippen molar-refractivity contribution < 1.29 is 14.7 Å². The second-order valence-electron chi connectivity index (χ2n) is 5.17. The Labute approximate surface area is 112 Å². The lowest BCUT2D eigenvalue weighted by atomic mass is 10.0. The number of carbonyl (C=O) groups is 2. The Morgan fingerprint density at radius 3 is 2.47 bits per heavy atom. The van der Waals surface area contributed by atoms with Gasteiger partial charge in [0.2, 0.25) is 5.91 Å². The highest BCUT2D eigenvalue weighted by Crippen LogP contribution is 2.06. The first kappa shape index (κ1) is 15.2. The van der Waals surface area contributed by atoms with Gasteiger partial charge in [-0.2, -0.15) is 5.10 Å². The lowest BCUT2D eigenvalue weighted by Crippen LogP contribution is -2.43. The maximum absolute atomic E-state index is 11.8. The van der Waals surface area contributed by atoms with Gasteiger partial charge in [0.15, 0.2) is 0 Å². The van der Waals surface area contributed by atoms with Gasteiger partial charge in [-0.25, -0.2) is 4.79 Å². The molecule has 0 aliphatic heterocycles. The number of carboxylic acid groups (broad SMARTS) is 1. The molecule has 6 nitrogen and oxygen atoms in total. The Balaban J connectivity index is 2.62. The molecule has 1 aromatic heterocycles. The molecule has 1 unspecified atom stereocenters. The molecule has 0 radical (unpaired) electrons. The summed E-state index contributed by atoms with van der Waals surface area (Å²) in [6.07, 6.45) is 0.415. The molecular formula is C13H21N3O3. The minimum absolute atomic E-state index is 0.0432. The number of carboxylic acids is 1. The number of rotatable bonds is 6. The van der Waals surface area contributed by atoms with Gasteiger partial charge >= 0.3 is 5.97 Å². The van der Waals surface area contributed by atoms with Gasteiger partial charge in [-0.05, 0) is 32.3 Å². The fraction of sp³-hybridized carbons (Fsp3) is 0.615. The molecule has 1 amide bonds. The van der Waals surface area contributed by atoms with Crippen molar-refractivity contribution in [3.63, 3.8) is 0 Å². The third-order valence-electron chi connectivity index (χ3n) is 2.74. The Kier molecular flexibility index (Phi) is 5.09. The summed E-state index contributed by atoms with van der Waals surface area (Å²) < 4.78 is 1.57. The molecule has 1 heterocycles. The first-order valence-electron chi connectivity index (χ1n) is 6.32. The molecule has 0 spiro atoms. The quantitative estimate of drug-likeness (QED) is 0.808. The summed E-state index contributed by atoms with van der Waals surface area (Å²) in [5.41, 5.74) is 1.71. The average Bonchev–Trinajstić information content (AvgIpc) is 2.55. The van der Waals surface area contributed by atoms with E-state index < -0.39 is 12.0 Å². The Bertz CT molecular complexity index is 466. The third kappa shape index (κ3) is 4.73. The number of amides is 1. The number of aromatic nitrogens is 2. The van der Waals surface area contributed by atoms with E-state index in [1.165, 1.54) is 0 Å². The highest BCUT2D eigenvalue weighted by molar-refractivity contribution is 5.83. The van der Waals surface area contributed by atoms with Crippen molar-refractivity contribution in [1.29, 1.82) is 0 Å². The second-order valence-corrected chi connectivity index (χ2v) is 5.17. The van der Waals surface area contributed by atoms with Crippen molar-refractivity contribution in [2.45, 2.75) is 46.7 Å². The SMILES string of the molecule is Cc1cc(C)n(CC(=O)NC(CC(C)C)C(=O)O)n1. The van der Waals surface area contributed by atoms with Gasteiger partial charge in [-0.1, -0.05) is 13.8 Å². The van der Waals surface area contributed by atoms with Crippen LogP contribution >= 0.6 is 0 Å². The zero-order chi connectivity index (χ0) is 14.6. The van der Waals surface area contributed by atoms with Gasteiger partial charge in [0.05, 0.1) is 5.69 Å². The molecule has 1 rings (SSSR count). The highest BCUT2D eigenvalue weighted by Gasteiger charge is 2.21. The maximum Gasteiger partial charge on any atom is 0.326 e. The first-order chi connectivity index (χ1) is 8.79. The summed E-state index contributed by atoms with van der Waals surface area (Å²) >= 11 is 0. The number of aryl methyl sites for hydroxylation is 2. The molecule has 0 aromatic carbocycles. The van der Waals surface area contributed by atoms with E-state index in [1.54, 1.807) is 4.68 Å². The average molecular weight is 267 g/mol. The van der Waals surface area contributed by atoms with Crippen LogP contribution in [0.3, 0.4) is 0 Å². The predicted molar refractivity (Wildman–Crippen MR) is 70.7 cm³/mol. The van der Waals surface area contributed by atoms with Crippen molar-refractivity contribution in [3.05, 3.63) is 17.5 Å². The van der Waals surface area contributed by atoms with Crippen LogP contribution in [0.5, 0.6) is 0 Å². The molecule has 19 heavy (non-hydrogen) atoms. The molecule has 6 heteroatoms. The lowest BCUT2D eigenvalue weighted by Gasteiger charge is -2.16. The van der Waals surface area contributed by atoms with Crippen molar-refractivity contribution in [2.75, 3.05) is 0 Å². The molecule has 0 aliphatic rings. The van der Waals surface area contributed by atoms with Crippen LogP contribution < -0.4 is 5.32 Å². The minimum Gasteiger partial charge on any atom is -0.480 e. The van der Waals surface area contributed by atoms with Crippen LogP contribution in [0.1, 0.15) is 31.7 Å². The summed E-state index contributed by atoms with van der Waals surface area (Å²) in [6.45, 7) is 7.59. The molecule has 106 valence electrons. The number of carbonyl (C=O) groups excluding carboxylic acids is 1. The summed E-state index contributed by atoms with van der Waals surface area (Å²) in [5, 5.41) is 15.8. The van der Waals surface area contributed by atoms with Crippen LogP contribution in [0.4, 0.5) is 0 Å². The molecule has 0 bridgehead atoms. The van der Waals surface area contributed by atoms with Crippen LogP contribution in [0, 0.1) is 19.8 Å².